The monoisotopic (exact) mass is 401 g/mol. The van der Waals surface area contributed by atoms with Gasteiger partial charge >= 0.3 is 0 Å². The van der Waals surface area contributed by atoms with Crippen LogP contribution in [0.5, 0.6) is 0 Å². The Labute approximate surface area is 146 Å². The van der Waals surface area contributed by atoms with Crippen molar-refractivity contribution in [2.45, 2.75) is 44.1 Å². The van der Waals surface area contributed by atoms with E-state index in [0.717, 1.165) is 17.7 Å². The molecule has 2 rings (SSSR count). The summed E-state index contributed by atoms with van der Waals surface area (Å²) in [7, 11) is -1.71. The van der Waals surface area contributed by atoms with Crippen molar-refractivity contribution < 1.29 is 14.1 Å². The number of hydrogen-bond acceptors (Lipinski definition) is 3. The number of amides is 1. The Bertz CT molecular complexity index is 698. The van der Waals surface area contributed by atoms with Gasteiger partial charge in [-0.05, 0) is 53.9 Å². The van der Waals surface area contributed by atoms with Crippen molar-refractivity contribution in [3.8, 4) is 0 Å². The van der Waals surface area contributed by atoms with E-state index in [1.165, 1.54) is 6.92 Å². The molecule has 1 atom stereocenters. The maximum absolute atomic E-state index is 12.5. The number of amidine groups is 1. The van der Waals surface area contributed by atoms with Gasteiger partial charge in [-0.3, -0.25) is 4.79 Å². The molecule has 1 amide bonds. The Morgan fingerprint density at radius 2 is 2.17 bits per heavy atom. The third-order valence-electron chi connectivity index (χ3n) is 3.41. The van der Waals surface area contributed by atoms with E-state index in [1.807, 2.05) is 6.07 Å². The molecule has 1 aliphatic rings. The summed E-state index contributed by atoms with van der Waals surface area (Å²) < 4.78 is 17.1. The van der Waals surface area contributed by atoms with Gasteiger partial charge in [0.25, 0.3) is 0 Å². The lowest BCUT2D eigenvalue weighted by Gasteiger charge is -2.17. The van der Waals surface area contributed by atoms with Gasteiger partial charge in [-0.1, -0.05) is 0 Å². The second-order valence-electron chi connectivity index (χ2n) is 6.15. The maximum Gasteiger partial charge on any atom is 0.223 e. The van der Waals surface area contributed by atoms with Crippen LogP contribution in [0.3, 0.4) is 0 Å². The summed E-state index contributed by atoms with van der Waals surface area (Å²) in [6.45, 7) is 5.34. The molecule has 1 aliphatic heterocycles. The highest BCUT2D eigenvalue weighted by atomic mass is 79.9. The van der Waals surface area contributed by atoms with Crippen molar-refractivity contribution in [3.05, 3.63) is 22.2 Å². The quantitative estimate of drug-likeness (QED) is 0.594. The largest absolute Gasteiger partial charge is 0.390 e. The van der Waals surface area contributed by atoms with E-state index in [4.69, 9.17) is 5.73 Å². The molecule has 0 fully saturated rings. The molecular weight excluding hydrogens is 382 g/mol. The minimum atomic E-state index is -1.71. The van der Waals surface area contributed by atoms with Crippen LogP contribution in [0.2, 0.25) is 0 Å². The van der Waals surface area contributed by atoms with E-state index in [1.54, 1.807) is 24.8 Å². The minimum absolute atomic E-state index is 0.0483. The molecule has 0 aromatic heterocycles. The molecule has 0 bridgehead atoms. The molecule has 6 nitrogen and oxygen atoms in total. The number of fused-ring (bicyclic) bond motifs is 1. The molecule has 23 heavy (non-hydrogen) atoms. The zero-order chi connectivity index (χ0) is 17.4. The number of rotatable bonds is 4. The van der Waals surface area contributed by atoms with Gasteiger partial charge in [0.15, 0.2) is 11.0 Å². The summed E-state index contributed by atoms with van der Waals surface area (Å²) in [5.41, 5.74) is 6.53. The van der Waals surface area contributed by atoms with Crippen molar-refractivity contribution in [3.63, 3.8) is 0 Å². The average molecular weight is 402 g/mol. The first-order valence-electron chi connectivity index (χ1n) is 7.16. The van der Waals surface area contributed by atoms with E-state index < -0.39 is 16.6 Å². The summed E-state index contributed by atoms with van der Waals surface area (Å²) in [5.74, 6) is 0.0690. The molecule has 8 heteroatoms. The van der Waals surface area contributed by atoms with Gasteiger partial charge in [-0.25, -0.2) is 4.21 Å². The van der Waals surface area contributed by atoms with E-state index in [-0.39, 0.29) is 18.2 Å². The summed E-state index contributed by atoms with van der Waals surface area (Å²) in [4.78, 5) is 13.8. The zero-order valence-electron chi connectivity index (χ0n) is 13.3. The predicted octanol–water partition coefficient (Wildman–Crippen LogP) is 1.90. The van der Waals surface area contributed by atoms with Gasteiger partial charge in [0.05, 0.1) is 10.5 Å². The van der Waals surface area contributed by atoms with Gasteiger partial charge in [0.1, 0.15) is 5.84 Å². The topological polar surface area (TPSA) is 96.0 Å². The van der Waals surface area contributed by atoms with Crippen molar-refractivity contribution in [2.75, 3.05) is 11.4 Å². The van der Waals surface area contributed by atoms with Crippen molar-refractivity contribution in [2.24, 2.45) is 10.1 Å². The fourth-order valence-corrected chi connectivity index (χ4v) is 4.10. The molecule has 0 aliphatic carbocycles. The molecule has 0 spiro atoms. The van der Waals surface area contributed by atoms with Crippen LogP contribution in [0.1, 0.15) is 32.8 Å². The Hall–Kier alpha value is -1.25. The van der Waals surface area contributed by atoms with Crippen LogP contribution in [-0.4, -0.2) is 33.2 Å². The Balaban J connectivity index is 2.33. The molecule has 0 radical (unpaired) electrons. The van der Waals surface area contributed by atoms with Gasteiger partial charge < -0.3 is 15.7 Å². The second-order valence-corrected chi connectivity index (χ2v) is 8.13. The van der Waals surface area contributed by atoms with Crippen molar-refractivity contribution in [1.82, 2.24) is 0 Å². The van der Waals surface area contributed by atoms with E-state index in [2.05, 4.69) is 20.3 Å². The Kier molecular flexibility index (Phi) is 5.27. The normalized spacial score (nSPS) is 16.4. The van der Waals surface area contributed by atoms with Crippen LogP contribution in [0.25, 0.3) is 0 Å². The van der Waals surface area contributed by atoms with Crippen molar-refractivity contribution in [1.29, 1.82) is 0 Å². The SMILES string of the molecule is CC(=O)N1CCc2cc(Br)c(S(=O)/N=C(\N)CC(C)(C)O)cc21. The van der Waals surface area contributed by atoms with Gasteiger partial charge in [0, 0.05) is 30.0 Å². The lowest BCUT2D eigenvalue weighted by Crippen LogP contribution is -2.28. The van der Waals surface area contributed by atoms with Crippen LogP contribution >= 0.6 is 15.9 Å². The smallest absolute Gasteiger partial charge is 0.223 e. The summed E-state index contributed by atoms with van der Waals surface area (Å²) in [6.07, 6.45) is 0.894. The van der Waals surface area contributed by atoms with E-state index in [0.29, 0.717) is 15.9 Å². The maximum atomic E-state index is 12.5. The highest BCUT2D eigenvalue weighted by Gasteiger charge is 2.25. The van der Waals surface area contributed by atoms with Gasteiger partial charge in [-0.15, -0.1) is 0 Å². The summed E-state index contributed by atoms with van der Waals surface area (Å²) in [6, 6.07) is 3.58. The highest BCUT2D eigenvalue weighted by Crippen LogP contribution is 2.35. The summed E-state index contributed by atoms with van der Waals surface area (Å²) in [5, 5.41) is 9.74. The number of carbonyl (C=O) groups excluding carboxylic acids is 1. The standard InChI is InChI=1S/C15H20BrN3O3S/c1-9(20)19-5-4-10-6-11(16)13(7-12(10)19)23(22)18-14(17)8-15(2,3)21/h6-7,21H,4-5,8H2,1-3H3,(H2,17,18). The third kappa shape index (κ3) is 4.39. The first-order valence-corrected chi connectivity index (χ1v) is 9.06. The lowest BCUT2D eigenvalue weighted by atomic mass is 10.1. The average Bonchev–Trinajstić information content (AvgIpc) is 2.77. The fourth-order valence-electron chi connectivity index (χ4n) is 2.48. The summed E-state index contributed by atoms with van der Waals surface area (Å²) >= 11 is 3.40. The molecule has 3 N–H and O–H groups in total. The number of nitrogens with zero attached hydrogens (tertiary/aromatic N) is 2. The number of halogens is 1. The van der Waals surface area contributed by atoms with Crippen LogP contribution in [0.4, 0.5) is 5.69 Å². The third-order valence-corrected chi connectivity index (χ3v) is 5.44. The van der Waals surface area contributed by atoms with Gasteiger partial charge in [0.2, 0.25) is 5.91 Å². The molecule has 1 aromatic carbocycles. The fraction of sp³-hybridized carbons (Fsp3) is 0.467. The van der Waals surface area contributed by atoms with Crippen LogP contribution in [0, 0.1) is 0 Å². The Morgan fingerprint density at radius 3 is 2.74 bits per heavy atom. The highest BCUT2D eigenvalue weighted by molar-refractivity contribution is 9.10. The number of hydrogen-bond donors (Lipinski definition) is 2. The van der Waals surface area contributed by atoms with Crippen molar-refractivity contribution >= 4 is 44.3 Å². The predicted molar refractivity (Wildman–Crippen MR) is 94.8 cm³/mol. The molecule has 0 saturated carbocycles. The molecule has 1 unspecified atom stereocenters. The molecule has 126 valence electrons. The van der Waals surface area contributed by atoms with Crippen LogP contribution in [0.15, 0.2) is 25.9 Å². The number of nitrogens with two attached hydrogens (primary N) is 1. The Morgan fingerprint density at radius 1 is 1.52 bits per heavy atom. The first kappa shape index (κ1) is 18.1. The molecular formula is C15H20BrN3O3S. The number of carbonyl (C=O) groups is 1. The molecule has 1 heterocycles. The molecule has 0 saturated heterocycles. The minimum Gasteiger partial charge on any atom is -0.390 e. The zero-order valence-corrected chi connectivity index (χ0v) is 15.7. The number of benzene rings is 1. The lowest BCUT2D eigenvalue weighted by molar-refractivity contribution is -0.116. The first-order chi connectivity index (χ1) is 10.6. The van der Waals surface area contributed by atoms with Crippen LogP contribution in [-0.2, 0) is 22.2 Å². The van der Waals surface area contributed by atoms with Crippen LogP contribution < -0.4 is 10.6 Å². The second kappa shape index (κ2) is 6.70. The van der Waals surface area contributed by atoms with E-state index in [9.17, 15) is 14.1 Å². The van der Waals surface area contributed by atoms with E-state index >= 15 is 0 Å². The number of anilines is 1. The van der Waals surface area contributed by atoms with Gasteiger partial charge in [-0.2, -0.15) is 4.40 Å². The number of aliphatic hydroxyl groups is 1. The molecule has 1 aromatic rings.